The molecular formula is C28H50N4O7. The molecule has 1 rings (SSSR count). The number of amides is 4. The molecular weight excluding hydrogens is 504 g/mol. The number of hydrogen-bond donors (Lipinski definition) is 4. The van der Waals surface area contributed by atoms with Gasteiger partial charge in [-0.2, -0.15) is 0 Å². The minimum Gasteiger partial charge on any atom is -0.391 e. The molecule has 0 aliphatic carbocycles. The number of nitrogens with one attached hydrogen (secondary N) is 3. The van der Waals surface area contributed by atoms with Gasteiger partial charge in [0.1, 0.15) is 23.7 Å². The van der Waals surface area contributed by atoms with Gasteiger partial charge in [0.25, 0.3) is 5.91 Å². The summed E-state index contributed by atoms with van der Waals surface area (Å²) in [6.07, 6.45) is 0.126. The van der Waals surface area contributed by atoms with Crippen molar-refractivity contribution in [3.63, 3.8) is 0 Å². The van der Waals surface area contributed by atoms with Crippen molar-refractivity contribution >= 4 is 29.4 Å². The van der Waals surface area contributed by atoms with Crippen LogP contribution >= 0.6 is 0 Å². The van der Waals surface area contributed by atoms with E-state index in [0.717, 1.165) is 11.3 Å². The van der Waals surface area contributed by atoms with Gasteiger partial charge in [0.2, 0.25) is 17.7 Å². The minimum atomic E-state index is -1.52. The van der Waals surface area contributed by atoms with Crippen molar-refractivity contribution in [1.82, 2.24) is 20.9 Å². The summed E-state index contributed by atoms with van der Waals surface area (Å²) in [5.74, 6) is -3.30. The first-order valence-corrected chi connectivity index (χ1v) is 14.0. The highest BCUT2D eigenvalue weighted by molar-refractivity contribution is 6.05. The number of ether oxygens (including phenoxy) is 1. The number of nitrogens with zero attached hydrogens (tertiary/aromatic N) is 1. The van der Waals surface area contributed by atoms with Crippen LogP contribution in [0.5, 0.6) is 0 Å². The fourth-order valence-electron chi connectivity index (χ4n) is 4.54. The summed E-state index contributed by atoms with van der Waals surface area (Å²) in [5, 5.41) is 18.9. The maximum atomic E-state index is 13.7. The van der Waals surface area contributed by atoms with Crippen molar-refractivity contribution in [1.29, 1.82) is 0 Å². The maximum Gasteiger partial charge on any atom is 0.255 e. The van der Waals surface area contributed by atoms with Gasteiger partial charge in [0.15, 0.2) is 5.78 Å². The molecule has 0 radical (unpaired) electrons. The molecule has 0 bridgehead atoms. The third-order valence-corrected chi connectivity index (χ3v) is 7.63. The summed E-state index contributed by atoms with van der Waals surface area (Å²) in [4.78, 5) is 67.2. The highest BCUT2D eigenvalue weighted by atomic mass is 16.6. The van der Waals surface area contributed by atoms with Gasteiger partial charge in [-0.3, -0.25) is 28.9 Å². The van der Waals surface area contributed by atoms with E-state index in [4.69, 9.17) is 4.74 Å². The lowest BCUT2D eigenvalue weighted by molar-refractivity contribution is -0.155. The Kier molecular flexibility index (Phi) is 13.2. The number of hydrogen-bond acceptors (Lipinski definition) is 8. The molecule has 39 heavy (non-hydrogen) atoms. The summed E-state index contributed by atoms with van der Waals surface area (Å²) in [6.45, 7) is 15.6. The Morgan fingerprint density at radius 3 is 1.74 bits per heavy atom. The van der Waals surface area contributed by atoms with Crippen LogP contribution < -0.4 is 16.0 Å². The van der Waals surface area contributed by atoms with Gasteiger partial charge in [0.05, 0.1) is 18.8 Å². The van der Waals surface area contributed by atoms with Gasteiger partial charge in [-0.05, 0) is 45.1 Å². The van der Waals surface area contributed by atoms with Crippen LogP contribution in [0.3, 0.4) is 0 Å². The Morgan fingerprint density at radius 1 is 0.897 bits per heavy atom. The van der Waals surface area contributed by atoms with Crippen LogP contribution in [0.15, 0.2) is 0 Å². The molecule has 4 amide bonds. The highest BCUT2D eigenvalue weighted by Gasteiger charge is 2.53. The van der Waals surface area contributed by atoms with E-state index in [2.05, 4.69) is 16.0 Å². The Bertz CT molecular complexity index is 887. The van der Waals surface area contributed by atoms with E-state index in [1.165, 1.54) is 13.8 Å². The molecule has 11 nitrogen and oxygen atoms in total. The monoisotopic (exact) mass is 554 g/mol. The number of likely N-dealkylation sites (N-methyl/N-ethyl adjacent to an activating group) is 1. The number of carbonyl (C=O) groups is 5. The lowest BCUT2D eigenvalue weighted by atomic mass is 9.91. The van der Waals surface area contributed by atoms with Crippen molar-refractivity contribution in [2.75, 3.05) is 13.7 Å². The molecule has 0 aromatic rings. The topological polar surface area (TPSA) is 157 Å². The number of Topliss-reactive ketones (excluding diaryl/α,β-unsaturated/α-hetero) is 1. The number of rotatable bonds is 16. The van der Waals surface area contributed by atoms with Gasteiger partial charge in [0, 0.05) is 6.92 Å². The first-order valence-electron chi connectivity index (χ1n) is 14.0. The second kappa shape index (κ2) is 14.9. The Labute approximate surface area is 233 Å². The van der Waals surface area contributed by atoms with Crippen molar-refractivity contribution < 1.29 is 33.8 Å². The van der Waals surface area contributed by atoms with E-state index in [-0.39, 0.29) is 36.7 Å². The Morgan fingerprint density at radius 2 is 1.36 bits per heavy atom. The average Bonchev–Trinajstić information content (AvgIpc) is 3.61. The van der Waals surface area contributed by atoms with Gasteiger partial charge in [-0.25, -0.2) is 0 Å². The van der Waals surface area contributed by atoms with Gasteiger partial charge in [-0.15, -0.1) is 0 Å². The summed E-state index contributed by atoms with van der Waals surface area (Å²) in [6, 6.07) is -4.15. The SMILES string of the molecule is CC[C@H](C)[C@H](NC)C(=O)N[C@H](C(=O)N[C@H](C(=O)N(C(C)=O)[C@@H](CC(C)C)C(=O)[C@@]1(C)CO1)[C@@H](C)O)[C@@H](C)CC. The number of aliphatic hydroxyl groups is 1. The third kappa shape index (κ3) is 9.08. The zero-order chi connectivity index (χ0) is 30.2. The number of aliphatic hydroxyl groups excluding tert-OH is 1. The standard InChI is InChI=1S/C28H50N4O7/c1-11-16(5)21(29-10)25(36)30-22(17(6)12-2)26(37)31-23(18(7)33)27(38)32(19(8)34)20(13-15(3)4)24(35)28(9)14-39-28/h15-18,20-23,29,33H,11-14H2,1-10H3,(H,30,36)(H,31,37)/t16-,17-,18+,20-,21-,22-,23-,28+/m0/s1. The summed E-state index contributed by atoms with van der Waals surface area (Å²) >= 11 is 0. The number of ketones is 1. The van der Waals surface area contributed by atoms with Gasteiger partial charge < -0.3 is 25.8 Å². The number of epoxide rings is 1. The first-order chi connectivity index (χ1) is 18.1. The molecule has 1 fully saturated rings. The smallest absolute Gasteiger partial charge is 0.255 e. The molecule has 0 unspecified atom stereocenters. The second-order valence-corrected chi connectivity index (χ2v) is 11.5. The number of imide groups is 1. The zero-order valence-electron chi connectivity index (χ0n) is 25.3. The summed E-state index contributed by atoms with van der Waals surface area (Å²) in [5.41, 5.74) is -1.08. The molecule has 11 heteroatoms. The second-order valence-electron chi connectivity index (χ2n) is 11.5. The van der Waals surface area contributed by atoms with E-state index >= 15 is 0 Å². The zero-order valence-corrected chi connectivity index (χ0v) is 25.3. The van der Waals surface area contributed by atoms with Crippen LogP contribution in [0.4, 0.5) is 0 Å². The van der Waals surface area contributed by atoms with Crippen molar-refractivity contribution in [2.45, 2.75) is 117 Å². The molecule has 0 spiro atoms. The molecule has 1 aliphatic rings. The molecule has 1 heterocycles. The van der Waals surface area contributed by atoms with Crippen LogP contribution in [0.25, 0.3) is 0 Å². The molecule has 8 atom stereocenters. The predicted octanol–water partition coefficient (Wildman–Crippen LogP) is 1.16. The minimum absolute atomic E-state index is 0.0132. The summed E-state index contributed by atoms with van der Waals surface area (Å²) in [7, 11) is 1.68. The molecule has 1 saturated heterocycles. The fraction of sp³-hybridized carbons (Fsp3) is 0.821. The lowest BCUT2D eigenvalue weighted by Gasteiger charge is -2.35. The van der Waals surface area contributed by atoms with Crippen molar-refractivity contribution in [3.8, 4) is 0 Å². The third-order valence-electron chi connectivity index (χ3n) is 7.63. The normalized spacial score (nSPS) is 22.1. The van der Waals surface area contributed by atoms with Gasteiger partial charge >= 0.3 is 0 Å². The van der Waals surface area contributed by atoms with Crippen LogP contribution in [0.2, 0.25) is 0 Å². The van der Waals surface area contributed by atoms with E-state index in [1.54, 1.807) is 20.9 Å². The maximum absolute atomic E-state index is 13.7. The number of carbonyl (C=O) groups excluding carboxylic acids is 5. The average molecular weight is 555 g/mol. The van der Waals surface area contributed by atoms with Crippen LogP contribution in [0.1, 0.15) is 81.6 Å². The molecule has 1 aliphatic heterocycles. The van der Waals surface area contributed by atoms with E-state index in [1.807, 2.05) is 34.6 Å². The fourth-order valence-corrected chi connectivity index (χ4v) is 4.54. The van der Waals surface area contributed by atoms with E-state index in [0.29, 0.717) is 6.42 Å². The predicted molar refractivity (Wildman–Crippen MR) is 147 cm³/mol. The van der Waals surface area contributed by atoms with Crippen LogP contribution in [-0.4, -0.2) is 88.9 Å². The molecule has 224 valence electrons. The van der Waals surface area contributed by atoms with Gasteiger partial charge in [-0.1, -0.05) is 54.4 Å². The molecule has 0 saturated carbocycles. The first kappa shape index (κ1) is 34.7. The molecule has 0 aromatic carbocycles. The molecule has 0 aromatic heterocycles. The largest absolute Gasteiger partial charge is 0.391 e. The quantitative estimate of drug-likeness (QED) is 0.207. The Hall–Kier alpha value is -2.37. The Balaban J connectivity index is 3.31. The van der Waals surface area contributed by atoms with Crippen molar-refractivity contribution in [3.05, 3.63) is 0 Å². The van der Waals surface area contributed by atoms with Crippen molar-refractivity contribution in [2.24, 2.45) is 17.8 Å². The van der Waals surface area contributed by atoms with Crippen LogP contribution in [0, 0.1) is 17.8 Å². The van der Waals surface area contributed by atoms with E-state index < -0.39 is 59.4 Å². The van der Waals surface area contributed by atoms with Crippen LogP contribution in [-0.2, 0) is 28.7 Å². The van der Waals surface area contributed by atoms with E-state index in [9.17, 15) is 29.1 Å². The highest BCUT2D eigenvalue weighted by Crippen LogP contribution is 2.32. The molecule has 4 N–H and O–H groups in total. The lowest BCUT2D eigenvalue weighted by Crippen LogP contribution is -2.63. The summed E-state index contributed by atoms with van der Waals surface area (Å²) < 4.78 is 5.30.